The number of carboxylic acid groups (broad SMARTS) is 1. The van der Waals surface area contributed by atoms with Gasteiger partial charge in [-0.25, -0.2) is 4.79 Å². The zero-order valence-electron chi connectivity index (χ0n) is 10.8. The summed E-state index contributed by atoms with van der Waals surface area (Å²) in [6.07, 6.45) is 0. The Kier molecular flexibility index (Phi) is 3.07. The van der Waals surface area contributed by atoms with Gasteiger partial charge in [-0.2, -0.15) is 0 Å². The molecule has 104 valence electrons. The summed E-state index contributed by atoms with van der Waals surface area (Å²) in [7, 11) is 0. The summed E-state index contributed by atoms with van der Waals surface area (Å²) < 4.78 is 0. The molecule has 2 aromatic carbocycles. The molecule has 21 heavy (non-hydrogen) atoms. The van der Waals surface area contributed by atoms with Crippen LogP contribution in [0.5, 0.6) is 0 Å². The molecule has 1 heterocycles. The van der Waals surface area contributed by atoms with Crippen molar-refractivity contribution in [1.29, 1.82) is 0 Å². The number of hydrogen-bond donors (Lipinski definition) is 2. The number of nitrogens with zero attached hydrogens (tertiary/aromatic N) is 4. The summed E-state index contributed by atoms with van der Waals surface area (Å²) >= 11 is 0. The van der Waals surface area contributed by atoms with Crippen molar-refractivity contribution < 1.29 is 9.90 Å². The third-order valence-electron chi connectivity index (χ3n) is 2.94. The average Bonchev–Trinajstić information content (AvgIpc) is 2.98. The summed E-state index contributed by atoms with van der Waals surface area (Å²) in [6.45, 7) is 0. The highest BCUT2D eigenvalue weighted by molar-refractivity contribution is 5.94. The van der Waals surface area contributed by atoms with Gasteiger partial charge in [0.1, 0.15) is 0 Å². The zero-order chi connectivity index (χ0) is 14.8. The molecular weight excluding hydrogens is 270 g/mol. The molecule has 0 spiro atoms. The molecule has 0 radical (unpaired) electrons. The van der Waals surface area contributed by atoms with Crippen LogP contribution in [0.1, 0.15) is 10.4 Å². The van der Waals surface area contributed by atoms with Crippen LogP contribution in [0.15, 0.2) is 48.5 Å². The Morgan fingerprint density at radius 3 is 2.62 bits per heavy atom. The van der Waals surface area contributed by atoms with Gasteiger partial charge >= 0.3 is 5.97 Å². The Morgan fingerprint density at radius 2 is 1.90 bits per heavy atom. The lowest BCUT2D eigenvalue weighted by molar-refractivity contribution is 0.0698. The highest BCUT2D eigenvalue weighted by Crippen LogP contribution is 2.18. The fraction of sp³-hybridized carbons (Fsp3) is 0. The molecule has 0 amide bonds. The predicted octanol–water partition coefficient (Wildman–Crippen LogP) is 1.61. The second kappa shape index (κ2) is 5.04. The average molecular weight is 281 g/mol. The van der Waals surface area contributed by atoms with E-state index in [1.807, 2.05) is 30.3 Å². The Balaban J connectivity index is 2.01. The Bertz CT molecular complexity index is 798. The number of nitrogens with two attached hydrogens (primary N) is 1. The van der Waals surface area contributed by atoms with Gasteiger partial charge in [-0.05, 0) is 23.4 Å². The van der Waals surface area contributed by atoms with Crippen LogP contribution in [0.25, 0.3) is 17.1 Å². The quantitative estimate of drug-likeness (QED) is 0.706. The van der Waals surface area contributed by atoms with E-state index in [2.05, 4.69) is 15.4 Å². The van der Waals surface area contributed by atoms with Crippen LogP contribution >= 0.6 is 0 Å². The van der Waals surface area contributed by atoms with Crippen molar-refractivity contribution >= 4 is 11.7 Å². The first-order chi connectivity index (χ1) is 10.1. The molecule has 0 saturated heterocycles. The Labute approximate surface area is 119 Å². The molecule has 7 heteroatoms. The Hall–Kier alpha value is -3.22. The summed E-state index contributed by atoms with van der Waals surface area (Å²) in [5.41, 5.74) is 7.13. The van der Waals surface area contributed by atoms with Crippen LogP contribution in [0.4, 0.5) is 5.69 Å². The van der Waals surface area contributed by atoms with Crippen LogP contribution in [-0.4, -0.2) is 31.3 Å². The first kappa shape index (κ1) is 12.8. The molecule has 3 rings (SSSR count). The van der Waals surface area contributed by atoms with Crippen molar-refractivity contribution in [3.63, 3.8) is 0 Å². The maximum atomic E-state index is 11.1. The van der Waals surface area contributed by atoms with E-state index in [1.54, 1.807) is 6.07 Å². The number of rotatable bonds is 3. The third-order valence-corrected chi connectivity index (χ3v) is 2.94. The molecule has 3 N–H and O–H groups in total. The van der Waals surface area contributed by atoms with Gasteiger partial charge in [0.2, 0.25) is 5.82 Å². The number of benzene rings is 2. The number of nitrogen functional groups attached to an aromatic ring is 1. The standard InChI is InChI=1S/C14H11N5O2/c15-12-7-6-10(8-11(12)14(20)21)19-17-13(16-18-19)9-4-2-1-3-5-9/h1-8H,15H2,(H,20,21). The molecule has 0 atom stereocenters. The van der Waals surface area contributed by atoms with Crippen molar-refractivity contribution in [1.82, 2.24) is 20.2 Å². The molecule has 3 aromatic rings. The van der Waals surface area contributed by atoms with Crippen molar-refractivity contribution in [3.8, 4) is 17.1 Å². The number of carbonyl (C=O) groups is 1. The SMILES string of the molecule is Nc1ccc(-n2nnc(-c3ccccc3)n2)cc1C(=O)O. The zero-order valence-corrected chi connectivity index (χ0v) is 10.8. The Morgan fingerprint density at radius 1 is 1.14 bits per heavy atom. The lowest BCUT2D eigenvalue weighted by Crippen LogP contribution is -2.06. The summed E-state index contributed by atoms with van der Waals surface area (Å²) in [5.74, 6) is -0.637. The number of carboxylic acids is 1. The molecule has 0 aliphatic carbocycles. The molecule has 0 aliphatic rings. The molecule has 0 saturated carbocycles. The van der Waals surface area contributed by atoms with Crippen molar-refractivity contribution in [3.05, 3.63) is 54.1 Å². The minimum Gasteiger partial charge on any atom is -0.478 e. The lowest BCUT2D eigenvalue weighted by Gasteiger charge is -2.03. The molecule has 7 nitrogen and oxygen atoms in total. The van der Waals surface area contributed by atoms with E-state index >= 15 is 0 Å². The van der Waals surface area contributed by atoms with E-state index in [0.29, 0.717) is 11.5 Å². The van der Waals surface area contributed by atoms with Gasteiger partial charge < -0.3 is 10.8 Å². The molecule has 0 unspecified atom stereocenters. The van der Waals surface area contributed by atoms with Crippen LogP contribution in [-0.2, 0) is 0 Å². The number of aromatic carboxylic acids is 1. The van der Waals surface area contributed by atoms with Gasteiger partial charge in [0, 0.05) is 11.3 Å². The lowest BCUT2D eigenvalue weighted by atomic mass is 10.1. The smallest absolute Gasteiger partial charge is 0.337 e. The van der Waals surface area contributed by atoms with Crippen LogP contribution < -0.4 is 5.73 Å². The fourth-order valence-corrected chi connectivity index (χ4v) is 1.88. The van der Waals surface area contributed by atoms with Crippen molar-refractivity contribution in [2.45, 2.75) is 0 Å². The van der Waals surface area contributed by atoms with Gasteiger partial charge in [-0.1, -0.05) is 30.3 Å². The monoisotopic (exact) mass is 281 g/mol. The summed E-state index contributed by atoms with van der Waals surface area (Å²) in [5, 5.41) is 21.2. The van der Waals surface area contributed by atoms with E-state index in [4.69, 9.17) is 10.8 Å². The summed E-state index contributed by atoms with van der Waals surface area (Å²) in [4.78, 5) is 12.4. The number of aromatic nitrogens is 4. The second-order valence-electron chi connectivity index (χ2n) is 4.35. The van der Waals surface area contributed by atoms with Gasteiger partial charge in [0.05, 0.1) is 11.3 Å². The summed E-state index contributed by atoms with van der Waals surface area (Å²) in [6, 6.07) is 13.9. The first-order valence-corrected chi connectivity index (χ1v) is 6.14. The van der Waals surface area contributed by atoms with Gasteiger partial charge in [0.25, 0.3) is 0 Å². The van der Waals surface area contributed by atoms with Gasteiger partial charge in [-0.3, -0.25) is 0 Å². The third kappa shape index (κ3) is 2.44. The topological polar surface area (TPSA) is 107 Å². The minimum absolute atomic E-state index is 0.00561. The van der Waals surface area contributed by atoms with E-state index in [0.717, 1.165) is 5.56 Å². The van der Waals surface area contributed by atoms with Crippen LogP contribution in [0.2, 0.25) is 0 Å². The molecule has 0 fully saturated rings. The van der Waals surface area contributed by atoms with E-state index < -0.39 is 5.97 Å². The maximum absolute atomic E-state index is 11.1. The van der Waals surface area contributed by atoms with Gasteiger partial charge in [0.15, 0.2) is 0 Å². The molecule has 0 aliphatic heterocycles. The van der Waals surface area contributed by atoms with E-state index in [-0.39, 0.29) is 11.3 Å². The maximum Gasteiger partial charge on any atom is 0.337 e. The molecular formula is C14H11N5O2. The molecule has 1 aromatic heterocycles. The van der Waals surface area contributed by atoms with E-state index in [9.17, 15) is 4.79 Å². The fourth-order valence-electron chi connectivity index (χ4n) is 1.88. The number of hydrogen-bond acceptors (Lipinski definition) is 5. The predicted molar refractivity (Wildman–Crippen MR) is 76.0 cm³/mol. The number of anilines is 1. The van der Waals surface area contributed by atoms with Crippen LogP contribution in [0, 0.1) is 0 Å². The largest absolute Gasteiger partial charge is 0.478 e. The second-order valence-corrected chi connectivity index (χ2v) is 4.35. The first-order valence-electron chi connectivity index (χ1n) is 6.14. The van der Waals surface area contributed by atoms with E-state index in [1.165, 1.54) is 16.9 Å². The van der Waals surface area contributed by atoms with Crippen molar-refractivity contribution in [2.24, 2.45) is 0 Å². The minimum atomic E-state index is -1.10. The highest BCUT2D eigenvalue weighted by Gasteiger charge is 2.12. The number of tetrazole rings is 1. The van der Waals surface area contributed by atoms with Crippen LogP contribution in [0.3, 0.4) is 0 Å². The normalized spacial score (nSPS) is 10.5. The molecule has 0 bridgehead atoms. The van der Waals surface area contributed by atoms with Gasteiger partial charge in [-0.15, -0.1) is 15.0 Å². The highest BCUT2D eigenvalue weighted by atomic mass is 16.4. The van der Waals surface area contributed by atoms with Crippen molar-refractivity contribution in [2.75, 3.05) is 5.73 Å².